The Morgan fingerprint density at radius 1 is 1.40 bits per heavy atom. The summed E-state index contributed by atoms with van der Waals surface area (Å²) in [5, 5.41) is 0. The summed E-state index contributed by atoms with van der Waals surface area (Å²) in [6.07, 6.45) is 0. The lowest BCUT2D eigenvalue weighted by atomic mass is 10.4. The topological polar surface area (TPSA) is 0 Å². The molecular weight excluding hydrogens is 60.1 g/mol. The summed E-state index contributed by atoms with van der Waals surface area (Å²) in [6, 6.07) is 0. The van der Waals surface area contributed by atoms with Gasteiger partial charge >= 0.3 is 0 Å². The van der Waals surface area contributed by atoms with Gasteiger partial charge in [-0.25, -0.2) is 0 Å². The van der Waals surface area contributed by atoms with Gasteiger partial charge in [-0.15, -0.1) is 6.58 Å². The summed E-state index contributed by atoms with van der Waals surface area (Å²) in [5.74, 6) is 0. The molecule has 0 heteroatoms. The highest BCUT2D eigenvalue weighted by atomic mass is 13.6. The third kappa shape index (κ3) is 168. The van der Waals surface area contributed by atoms with E-state index >= 15 is 0 Å². The summed E-state index contributed by atoms with van der Waals surface area (Å²) in [7, 11) is 0. The van der Waals surface area contributed by atoms with Crippen LogP contribution in [0.3, 0.4) is 0 Å². The molecule has 0 rings (SSSR count). The molecule has 0 N–H and O–H groups in total. The second-order valence-corrected chi connectivity index (χ2v) is 1.21. The van der Waals surface area contributed by atoms with Crippen LogP contribution in [0.4, 0.5) is 0 Å². The number of hydrogen-bond donors (Lipinski definition) is 0. The Bertz CT molecular complexity index is 23.0. The molecule has 0 amide bonds. The molecule has 0 aromatic rings. The fraction of sp³-hybridized carbons (Fsp3) is 0.400. The van der Waals surface area contributed by atoms with Crippen LogP contribution in [-0.2, 0) is 0 Å². The predicted octanol–water partition coefficient (Wildman–Crippen LogP) is 2.03. The molecule has 0 nitrogen and oxygen atoms in total. The van der Waals surface area contributed by atoms with E-state index in [0.717, 1.165) is 0 Å². The van der Waals surface area contributed by atoms with E-state index in [1.54, 1.807) is 0 Å². The van der Waals surface area contributed by atoms with Crippen molar-refractivity contribution >= 4 is 0 Å². The molecule has 0 aliphatic rings. The van der Waals surface area contributed by atoms with Gasteiger partial charge in [0.1, 0.15) is 0 Å². The lowest BCUT2D eigenvalue weighted by molar-refractivity contribution is 1.42. The minimum atomic E-state index is 0. The molecule has 31 valence electrons. The van der Waals surface area contributed by atoms with Gasteiger partial charge in [-0.05, 0) is 13.8 Å². The van der Waals surface area contributed by atoms with Gasteiger partial charge in [0.25, 0.3) is 0 Å². The van der Waals surface area contributed by atoms with Crippen molar-refractivity contribution in [2.45, 2.75) is 13.8 Å². The van der Waals surface area contributed by atoms with Gasteiger partial charge in [0.05, 0.1) is 0 Å². The number of rotatable bonds is 0. The van der Waals surface area contributed by atoms with Gasteiger partial charge in [0.15, 0.2) is 0 Å². The van der Waals surface area contributed by atoms with Crippen molar-refractivity contribution in [2.75, 3.05) is 0 Å². The molecule has 0 bridgehead atoms. The molecular formula is C5H11. The third-order valence-electron chi connectivity index (χ3n) is 0. The van der Waals surface area contributed by atoms with Gasteiger partial charge in [0, 0.05) is 0 Å². The monoisotopic (exact) mass is 71.1 g/mol. The Balaban J connectivity index is 0. The summed E-state index contributed by atoms with van der Waals surface area (Å²) in [4.78, 5) is 0. The highest BCUT2D eigenvalue weighted by Crippen LogP contribution is 1.73. The van der Waals surface area contributed by atoms with Gasteiger partial charge in [-0.2, -0.15) is 0 Å². The van der Waals surface area contributed by atoms with Crippen molar-refractivity contribution in [2.24, 2.45) is 0 Å². The van der Waals surface area contributed by atoms with E-state index in [0.29, 0.717) is 0 Å². The maximum absolute atomic E-state index is 3.56. The van der Waals surface area contributed by atoms with Crippen LogP contribution in [0.1, 0.15) is 13.8 Å². The molecule has 0 heterocycles. The van der Waals surface area contributed by atoms with Gasteiger partial charge in [-0.1, -0.05) is 13.0 Å². The van der Waals surface area contributed by atoms with E-state index < -0.39 is 0 Å². The van der Waals surface area contributed by atoms with E-state index in [-0.39, 0.29) is 7.43 Å². The molecule has 0 spiro atoms. The van der Waals surface area contributed by atoms with Crippen LogP contribution >= 0.6 is 0 Å². The van der Waals surface area contributed by atoms with E-state index in [9.17, 15) is 0 Å². The van der Waals surface area contributed by atoms with Crippen LogP contribution in [0.15, 0.2) is 12.2 Å². The summed E-state index contributed by atoms with van der Waals surface area (Å²) >= 11 is 0. The van der Waals surface area contributed by atoms with Gasteiger partial charge in [0.2, 0.25) is 0 Å². The molecule has 0 saturated carbocycles. The second kappa shape index (κ2) is 3.74. The Morgan fingerprint density at radius 2 is 1.40 bits per heavy atom. The fourth-order valence-corrected chi connectivity index (χ4v) is 0. The summed E-state index contributed by atoms with van der Waals surface area (Å²) in [6.45, 7) is 7.50. The highest BCUT2D eigenvalue weighted by molar-refractivity contribution is 4.78. The summed E-state index contributed by atoms with van der Waals surface area (Å²) in [5.41, 5.74) is 1.17. The largest absolute Gasteiger partial charge is 0.100 e. The van der Waals surface area contributed by atoms with Crippen molar-refractivity contribution in [3.8, 4) is 0 Å². The first-order valence-corrected chi connectivity index (χ1v) is 1.35. The molecule has 0 aromatic carbocycles. The van der Waals surface area contributed by atoms with Crippen LogP contribution in [0, 0.1) is 7.43 Å². The van der Waals surface area contributed by atoms with Gasteiger partial charge in [-0.3, -0.25) is 0 Å². The van der Waals surface area contributed by atoms with Crippen LogP contribution in [0.2, 0.25) is 0 Å². The fourth-order valence-electron chi connectivity index (χ4n) is 0. The molecule has 0 aliphatic carbocycles. The molecule has 5 heavy (non-hydrogen) atoms. The zero-order valence-corrected chi connectivity index (χ0v) is 4.21. The molecule has 0 atom stereocenters. The van der Waals surface area contributed by atoms with Gasteiger partial charge < -0.3 is 0 Å². The van der Waals surface area contributed by atoms with Crippen LogP contribution in [0.25, 0.3) is 0 Å². The van der Waals surface area contributed by atoms with Crippen LogP contribution in [-0.4, -0.2) is 0 Å². The first-order chi connectivity index (χ1) is 1.73. The normalized spacial score (nSPS) is 5.20. The zero-order chi connectivity index (χ0) is 3.58. The van der Waals surface area contributed by atoms with Crippen molar-refractivity contribution in [1.82, 2.24) is 0 Å². The Hall–Kier alpha value is -0.260. The Morgan fingerprint density at radius 3 is 1.40 bits per heavy atom. The molecule has 1 radical (unpaired) electrons. The van der Waals surface area contributed by atoms with Crippen LogP contribution < -0.4 is 0 Å². The maximum atomic E-state index is 3.56. The van der Waals surface area contributed by atoms with Crippen molar-refractivity contribution in [3.05, 3.63) is 19.6 Å². The third-order valence-corrected chi connectivity index (χ3v) is 0. The van der Waals surface area contributed by atoms with Crippen molar-refractivity contribution in [1.29, 1.82) is 0 Å². The standard InChI is InChI=1S/C4H8.CH3/c1-4(2)3;/h1H2,2-3H3;1H3. The van der Waals surface area contributed by atoms with E-state index in [1.165, 1.54) is 5.57 Å². The average Bonchev–Trinajstić information content (AvgIpc) is 0.811. The van der Waals surface area contributed by atoms with E-state index in [1.807, 2.05) is 13.8 Å². The second-order valence-electron chi connectivity index (χ2n) is 1.21. The quantitative estimate of drug-likeness (QED) is 0.383. The zero-order valence-electron chi connectivity index (χ0n) is 4.21. The minimum Gasteiger partial charge on any atom is -0.100 e. The highest BCUT2D eigenvalue weighted by Gasteiger charge is 1.51. The van der Waals surface area contributed by atoms with Crippen molar-refractivity contribution in [3.63, 3.8) is 0 Å². The molecule has 0 fully saturated rings. The lowest BCUT2D eigenvalue weighted by Gasteiger charge is -1.65. The number of hydrogen-bond acceptors (Lipinski definition) is 0. The molecule has 0 aliphatic heterocycles. The molecule has 0 unspecified atom stereocenters. The lowest BCUT2D eigenvalue weighted by Crippen LogP contribution is -1.43. The first kappa shape index (κ1) is 8.83. The Labute approximate surface area is 34.5 Å². The average molecular weight is 71.1 g/mol. The molecule has 0 aromatic heterocycles. The first-order valence-electron chi connectivity index (χ1n) is 1.35. The maximum Gasteiger partial charge on any atom is -0.0445 e. The smallest absolute Gasteiger partial charge is 0.0445 e. The van der Waals surface area contributed by atoms with Crippen molar-refractivity contribution < 1.29 is 0 Å². The minimum absolute atomic E-state index is 0. The Kier molecular flexibility index (Phi) is 6.61. The van der Waals surface area contributed by atoms with E-state index in [4.69, 9.17) is 0 Å². The summed E-state index contributed by atoms with van der Waals surface area (Å²) < 4.78 is 0. The van der Waals surface area contributed by atoms with E-state index in [2.05, 4.69) is 6.58 Å². The number of allylic oxidation sites excluding steroid dienone is 1. The predicted molar refractivity (Wildman–Crippen MR) is 26.9 cm³/mol. The van der Waals surface area contributed by atoms with Crippen LogP contribution in [0.5, 0.6) is 0 Å². The molecule has 0 saturated heterocycles. The SMILES string of the molecule is C=C(C)C.[CH3].